The molecule has 192 valence electrons. The fraction of sp³-hybridized carbons (Fsp3) is 0.448. The Morgan fingerprint density at radius 2 is 1.73 bits per heavy atom. The van der Waals surface area contributed by atoms with Gasteiger partial charge in [-0.25, -0.2) is 9.97 Å². The topological polar surface area (TPSA) is 81.4 Å². The molecule has 0 N–H and O–H groups in total. The molecule has 2 fully saturated rings. The number of aromatic nitrogens is 3. The van der Waals surface area contributed by atoms with Crippen LogP contribution in [0.1, 0.15) is 38.8 Å². The van der Waals surface area contributed by atoms with E-state index in [1.165, 1.54) is 5.56 Å². The third-order valence-electron chi connectivity index (χ3n) is 7.17. The second kappa shape index (κ2) is 10.3. The maximum Gasteiger partial charge on any atom is 0.228 e. The Kier molecular flexibility index (Phi) is 6.98. The normalized spacial score (nSPS) is 18.6. The Bertz CT molecular complexity index is 1270. The fourth-order valence-electron chi connectivity index (χ4n) is 4.99. The fourth-order valence-corrected chi connectivity index (χ4v) is 4.99. The minimum Gasteiger partial charge on any atom is -0.378 e. The molecule has 0 radical (unpaired) electrons. The zero-order valence-electron chi connectivity index (χ0n) is 22.2. The number of anilines is 3. The van der Waals surface area contributed by atoms with Crippen LogP contribution in [0.4, 0.5) is 17.6 Å². The summed E-state index contributed by atoms with van der Waals surface area (Å²) in [5.74, 6) is 2.44. The Morgan fingerprint density at radius 1 is 0.973 bits per heavy atom. The van der Waals surface area contributed by atoms with Gasteiger partial charge in [-0.1, -0.05) is 45.0 Å². The van der Waals surface area contributed by atoms with Crippen LogP contribution < -0.4 is 14.7 Å². The molecule has 8 heteroatoms. The highest BCUT2D eigenvalue weighted by atomic mass is 16.5. The zero-order valence-corrected chi connectivity index (χ0v) is 22.2. The highest BCUT2D eigenvalue weighted by Crippen LogP contribution is 2.30. The van der Waals surface area contributed by atoms with Gasteiger partial charge in [0.25, 0.3) is 0 Å². The van der Waals surface area contributed by atoms with E-state index in [2.05, 4.69) is 83.8 Å². The van der Waals surface area contributed by atoms with Crippen molar-refractivity contribution in [2.75, 3.05) is 60.6 Å². The number of ether oxygens (including phenoxy) is 1. The smallest absolute Gasteiger partial charge is 0.228 e. The second-order valence-corrected chi connectivity index (χ2v) is 10.8. The van der Waals surface area contributed by atoms with E-state index in [1.807, 2.05) is 12.1 Å². The van der Waals surface area contributed by atoms with E-state index >= 15 is 0 Å². The summed E-state index contributed by atoms with van der Waals surface area (Å²) in [6, 6.07) is 17.0. The van der Waals surface area contributed by atoms with Crippen molar-refractivity contribution in [3.63, 3.8) is 0 Å². The van der Waals surface area contributed by atoms with E-state index in [4.69, 9.17) is 14.7 Å². The summed E-state index contributed by atoms with van der Waals surface area (Å²) in [4.78, 5) is 21.3. The summed E-state index contributed by atoms with van der Waals surface area (Å²) < 4.78 is 5.58. The van der Waals surface area contributed by atoms with Gasteiger partial charge in [-0.15, -0.1) is 0 Å². The molecule has 0 bridgehead atoms. The maximum absolute atomic E-state index is 9.54. The van der Waals surface area contributed by atoms with Crippen LogP contribution in [0.2, 0.25) is 0 Å². The molecule has 3 aromatic rings. The molecule has 0 amide bonds. The summed E-state index contributed by atoms with van der Waals surface area (Å²) in [5, 5.41) is 9.54. The molecular weight excluding hydrogens is 462 g/mol. The van der Waals surface area contributed by atoms with Crippen molar-refractivity contribution in [3.05, 3.63) is 59.8 Å². The van der Waals surface area contributed by atoms with Gasteiger partial charge in [-0.05, 0) is 30.0 Å². The molecule has 2 aliphatic rings. The van der Waals surface area contributed by atoms with E-state index in [1.54, 1.807) is 6.20 Å². The molecule has 4 heterocycles. The zero-order chi connectivity index (χ0) is 26.0. The number of piperazine rings is 1. The number of hydrogen-bond donors (Lipinski definition) is 0. The summed E-state index contributed by atoms with van der Waals surface area (Å²) in [6.45, 7) is 14.1. The Morgan fingerprint density at radius 3 is 2.41 bits per heavy atom. The molecule has 1 atom stereocenters. The number of benzene rings is 1. The van der Waals surface area contributed by atoms with Crippen LogP contribution >= 0.6 is 0 Å². The number of hydrogen-bond acceptors (Lipinski definition) is 8. The van der Waals surface area contributed by atoms with Crippen LogP contribution in [0.3, 0.4) is 0 Å². The molecule has 2 aliphatic heterocycles. The van der Waals surface area contributed by atoms with Gasteiger partial charge in [0.2, 0.25) is 5.95 Å². The van der Waals surface area contributed by atoms with E-state index in [0.717, 1.165) is 61.6 Å². The molecule has 2 saturated heterocycles. The van der Waals surface area contributed by atoms with Crippen LogP contribution in [-0.2, 0) is 10.2 Å². The van der Waals surface area contributed by atoms with Crippen molar-refractivity contribution in [1.82, 2.24) is 15.0 Å². The van der Waals surface area contributed by atoms with Crippen molar-refractivity contribution < 1.29 is 4.74 Å². The van der Waals surface area contributed by atoms with Gasteiger partial charge < -0.3 is 19.4 Å². The molecule has 2 aromatic heterocycles. The Hall–Kier alpha value is -3.70. The summed E-state index contributed by atoms with van der Waals surface area (Å²) in [6.07, 6.45) is 1.75. The molecule has 5 rings (SSSR count). The largest absolute Gasteiger partial charge is 0.378 e. The first kappa shape index (κ1) is 25.0. The first-order chi connectivity index (χ1) is 17.8. The van der Waals surface area contributed by atoms with Crippen molar-refractivity contribution in [1.29, 1.82) is 5.26 Å². The lowest BCUT2D eigenvalue weighted by atomic mass is 9.86. The number of morpholine rings is 1. The van der Waals surface area contributed by atoms with Gasteiger partial charge in [0.05, 0.1) is 24.5 Å². The van der Waals surface area contributed by atoms with E-state index < -0.39 is 0 Å². The minimum absolute atomic E-state index is 0.0997. The maximum atomic E-state index is 9.54. The number of pyridine rings is 1. The average molecular weight is 498 g/mol. The van der Waals surface area contributed by atoms with Gasteiger partial charge in [0, 0.05) is 56.6 Å². The third kappa shape index (κ3) is 5.37. The highest BCUT2D eigenvalue weighted by Gasteiger charge is 2.28. The molecule has 0 saturated carbocycles. The van der Waals surface area contributed by atoms with Crippen LogP contribution in [0.25, 0.3) is 11.3 Å². The summed E-state index contributed by atoms with van der Waals surface area (Å²) >= 11 is 0. The second-order valence-electron chi connectivity index (χ2n) is 10.8. The van der Waals surface area contributed by atoms with Crippen LogP contribution in [0, 0.1) is 11.3 Å². The lowest BCUT2D eigenvalue weighted by molar-refractivity contribution is 0.122. The quantitative estimate of drug-likeness (QED) is 0.529. The monoisotopic (exact) mass is 497 g/mol. The average Bonchev–Trinajstić information content (AvgIpc) is 2.93. The van der Waals surface area contributed by atoms with E-state index in [9.17, 15) is 5.26 Å². The predicted molar refractivity (Wildman–Crippen MR) is 147 cm³/mol. The predicted octanol–water partition coefficient (Wildman–Crippen LogP) is 4.26. The lowest BCUT2D eigenvalue weighted by Crippen LogP contribution is -2.53. The first-order valence-corrected chi connectivity index (χ1v) is 13.0. The highest BCUT2D eigenvalue weighted by molar-refractivity contribution is 5.66. The molecular formula is C29H35N7O. The SMILES string of the molecule is CC1CN(c2ncccc2C#N)CCN1c1cc(-c2ccc(C(C)(C)C)cc2)nc(N2CCOCC2)n1. The molecule has 0 aliphatic carbocycles. The molecule has 1 aromatic carbocycles. The van der Waals surface area contributed by atoms with E-state index in [0.29, 0.717) is 18.8 Å². The van der Waals surface area contributed by atoms with Gasteiger partial charge in [-0.2, -0.15) is 10.2 Å². The van der Waals surface area contributed by atoms with Gasteiger partial charge in [0.15, 0.2) is 0 Å². The molecule has 8 nitrogen and oxygen atoms in total. The number of nitrogens with zero attached hydrogens (tertiary/aromatic N) is 7. The van der Waals surface area contributed by atoms with Crippen molar-refractivity contribution in [2.45, 2.75) is 39.2 Å². The molecule has 1 unspecified atom stereocenters. The van der Waals surface area contributed by atoms with Crippen LogP contribution in [0.15, 0.2) is 48.7 Å². The number of nitriles is 1. The van der Waals surface area contributed by atoms with Crippen molar-refractivity contribution in [3.8, 4) is 17.3 Å². The summed E-state index contributed by atoms with van der Waals surface area (Å²) in [7, 11) is 0. The minimum atomic E-state index is 0.0997. The van der Waals surface area contributed by atoms with Crippen LogP contribution in [0.5, 0.6) is 0 Å². The first-order valence-electron chi connectivity index (χ1n) is 13.0. The standard InChI is InChI=1S/C29H35N7O/c1-21-20-35(27-23(19-30)6-5-11-31-27)12-13-36(21)26-18-25(22-7-9-24(10-8-22)29(2,3)4)32-28(33-26)34-14-16-37-17-15-34/h5-11,18,21H,12-17,20H2,1-4H3. The molecule has 0 spiro atoms. The van der Waals surface area contributed by atoms with Gasteiger partial charge >= 0.3 is 0 Å². The van der Waals surface area contributed by atoms with Crippen molar-refractivity contribution >= 4 is 17.6 Å². The summed E-state index contributed by atoms with van der Waals surface area (Å²) in [5.41, 5.74) is 4.03. The van der Waals surface area contributed by atoms with Crippen molar-refractivity contribution in [2.24, 2.45) is 0 Å². The van der Waals surface area contributed by atoms with Gasteiger partial charge in [-0.3, -0.25) is 0 Å². The van der Waals surface area contributed by atoms with Gasteiger partial charge in [0.1, 0.15) is 17.7 Å². The third-order valence-corrected chi connectivity index (χ3v) is 7.17. The number of rotatable bonds is 4. The Balaban J connectivity index is 1.46. The lowest BCUT2D eigenvalue weighted by Gasteiger charge is -2.41. The van der Waals surface area contributed by atoms with Crippen LogP contribution in [-0.4, -0.2) is 66.9 Å². The molecule has 37 heavy (non-hydrogen) atoms. The Labute approximate surface area is 219 Å². The van der Waals surface area contributed by atoms with E-state index in [-0.39, 0.29) is 11.5 Å².